The van der Waals surface area contributed by atoms with Gasteiger partial charge in [-0.2, -0.15) is 5.26 Å². The van der Waals surface area contributed by atoms with Crippen molar-refractivity contribution in [2.45, 2.75) is 23.5 Å². The fraction of sp³-hybridized carbons (Fsp3) is 0.278. The highest BCUT2D eigenvalue weighted by Gasteiger charge is 2.35. The monoisotopic (exact) mass is 435 g/mol. The Hall–Kier alpha value is -2.11. The van der Waals surface area contributed by atoms with Crippen LogP contribution < -0.4 is 5.32 Å². The number of carbonyl (C=O) groups is 2. The minimum atomic E-state index is -1.20. The van der Waals surface area contributed by atoms with Gasteiger partial charge in [-0.15, -0.1) is 0 Å². The summed E-state index contributed by atoms with van der Waals surface area (Å²) in [6.07, 6.45) is -1.17. The maximum atomic E-state index is 13.4. The van der Waals surface area contributed by atoms with Crippen molar-refractivity contribution in [1.82, 2.24) is 10.2 Å². The molecule has 2 aromatic rings. The molecule has 0 radical (unpaired) electrons. The first kappa shape index (κ1) is 18.7. The molecule has 3 rings (SSSR count). The quantitative estimate of drug-likeness (QED) is 0.797. The van der Waals surface area contributed by atoms with E-state index in [4.69, 9.17) is 5.26 Å². The van der Waals surface area contributed by atoms with Crippen molar-refractivity contribution >= 4 is 47.6 Å². The predicted molar refractivity (Wildman–Crippen MR) is 102 cm³/mol. The molecule has 2 aromatic carbocycles. The molecular formula is C18H15BrFN3O2S. The Balaban J connectivity index is 1.72. The SMILES string of the molecule is N#CC1CC(F)CN1C(=O)CNC(=O)c1cccc2cc(SBr)ccc12. The first-order valence-corrected chi connectivity index (χ1v) is 10.6. The van der Waals surface area contributed by atoms with Crippen LogP contribution in [-0.4, -0.2) is 42.0 Å². The van der Waals surface area contributed by atoms with Crippen molar-refractivity contribution < 1.29 is 14.0 Å². The second-order valence-electron chi connectivity index (χ2n) is 5.97. The molecule has 0 bridgehead atoms. The molecule has 2 amide bonds. The lowest BCUT2D eigenvalue weighted by Gasteiger charge is -2.19. The van der Waals surface area contributed by atoms with Gasteiger partial charge < -0.3 is 10.2 Å². The molecule has 1 saturated heterocycles. The molecular weight excluding hydrogens is 421 g/mol. The molecule has 0 aromatic heterocycles. The van der Waals surface area contributed by atoms with Gasteiger partial charge in [-0.3, -0.25) is 9.59 Å². The molecule has 8 heteroatoms. The van der Waals surface area contributed by atoms with Crippen LogP contribution in [0, 0.1) is 11.3 Å². The lowest BCUT2D eigenvalue weighted by Crippen LogP contribution is -2.42. The van der Waals surface area contributed by atoms with Crippen LogP contribution >= 0.6 is 25.0 Å². The summed E-state index contributed by atoms with van der Waals surface area (Å²) in [5, 5.41) is 13.3. The smallest absolute Gasteiger partial charge is 0.252 e. The summed E-state index contributed by atoms with van der Waals surface area (Å²) in [6.45, 7) is -0.371. The highest BCUT2D eigenvalue weighted by atomic mass is 79.9. The molecule has 1 heterocycles. The molecule has 0 spiro atoms. The number of carbonyl (C=O) groups excluding carboxylic acids is 2. The number of alkyl halides is 1. The fourth-order valence-electron chi connectivity index (χ4n) is 3.04. The number of nitrogens with zero attached hydrogens (tertiary/aromatic N) is 2. The molecule has 0 saturated carbocycles. The van der Waals surface area contributed by atoms with Crippen molar-refractivity contribution in [3.05, 3.63) is 42.0 Å². The van der Waals surface area contributed by atoms with Gasteiger partial charge in [0.05, 0.1) is 19.2 Å². The highest BCUT2D eigenvalue weighted by molar-refractivity contribution is 9.50. The number of nitrogens with one attached hydrogen (secondary N) is 1. The number of likely N-dealkylation sites (tertiary alicyclic amines) is 1. The zero-order valence-corrected chi connectivity index (χ0v) is 16.0. The Morgan fingerprint density at radius 3 is 2.92 bits per heavy atom. The summed E-state index contributed by atoms with van der Waals surface area (Å²) in [4.78, 5) is 26.9. The molecule has 1 aliphatic heterocycles. The number of benzene rings is 2. The number of rotatable bonds is 4. The Labute approximate surface area is 161 Å². The number of hydrogen-bond donors (Lipinski definition) is 1. The van der Waals surface area contributed by atoms with E-state index < -0.39 is 18.1 Å². The minimum absolute atomic E-state index is 0.0213. The van der Waals surface area contributed by atoms with Crippen molar-refractivity contribution in [2.75, 3.05) is 13.1 Å². The molecule has 5 nitrogen and oxygen atoms in total. The summed E-state index contributed by atoms with van der Waals surface area (Å²) in [6, 6.07) is 12.2. The van der Waals surface area contributed by atoms with E-state index in [-0.39, 0.29) is 25.4 Å². The summed E-state index contributed by atoms with van der Waals surface area (Å²) >= 11 is 3.32. The molecule has 1 aliphatic rings. The summed E-state index contributed by atoms with van der Waals surface area (Å²) in [5.41, 5.74) is 0.461. The molecule has 1 N–H and O–H groups in total. The van der Waals surface area contributed by atoms with Gasteiger partial charge >= 0.3 is 0 Å². The number of fused-ring (bicyclic) bond motifs is 1. The van der Waals surface area contributed by atoms with E-state index in [1.165, 1.54) is 15.1 Å². The van der Waals surface area contributed by atoms with Crippen LogP contribution in [0.2, 0.25) is 0 Å². The Morgan fingerprint density at radius 2 is 2.19 bits per heavy atom. The maximum Gasteiger partial charge on any atom is 0.252 e. The molecule has 26 heavy (non-hydrogen) atoms. The van der Waals surface area contributed by atoms with Crippen molar-refractivity contribution in [1.29, 1.82) is 5.26 Å². The average Bonchev–Trinajstić information content (AvgIpc) is 3.05. The third kappa shape index (κ3) is 3.84. The highest BCUT2D eigenvalue weighted by Crippen LogP contribution is 2.29. The topological polar surface area (TPSA) is 73.2 Å². The third-order valence-electron chi connectivity index (χ3n) is 4.31. The minimum Gasteiger partial charge on any atom is -0.343 e. The van der Waals surface area contributed by atoms with Crippen molar-refractivity contribution in [3.63, 3.8) is 0 Å². The lowest BCUT2D eigenvalue weighted by molar-refractivity contribution is -0.130. The normalized spacial score (nSPS) is 19.3. The zero-order valence-electron chi connectivity index (χ0n) is 13.6. The molecule has 0 aliphatic carbocycles. The van der Waals surface area contributed by atoms with Gasteiger partial charge in [0, 0.05) is 16.9 Å². The number of hydrogen-bond acceptors (Lipinski definition) is 4. The first-order valence-electron chi connectivity index (χ1n) is 7.96. The van der Waals surface area contributed by atoms with Crippen LogP contribution in [0.1, 0.15) is 16.8 Å². The molecule has 2 atom stereocenters. The van der Waals surface area contributed by atoms with Crippen molar-refractivity contribution in [2.24, 2.45) is 0 Å². The van der Waals surface area contributed by atoms with Gasteiger partial charge in [0.2, 0.25) is 5.91 Å². The van der Waals surface area contributed by atoms with E-state index in [1.54, 1.807) is 12.1 Å². The lowest BCUT2D eigenvalue weighted by atomic mass is 10.0. The van der Waals surface area contributed by atoms with Crippen LogP contribution in [0.4, 0.5) is 4.39 Å². The Morgan fingerprint density at radius 1 is 1.38 bits per heavy atom. The fourth-order valence-corrected chi connectivity index (χ4v) is 3.94. The van der Waals surface area contributed by atoms with Gasteiger partial charge in [-0.05, 0) is 54.0 Å². The third-order valence-corrected chi connectivity index (χ3v) is 5.86. The second-order valence-corrected chi connectivity index (χ2v) is 7.57. The second kappa shape index (κ2) is 8.06. The number of halogens is 2. The van der Waals surface area contributed by atoms with Gasteiger partial charge in [0.25, 0.3) is 5.91 Å². The van der Waals surface area contributed by atoms with E-state index in [0.29, 0.717) is 5.56 Å². The number of amides is 2. The Bertz CT molecular complexity index is 902. The average molecular weight is 436 g/mol. The summed E-state index contributed by atoms with van der Waals surface area (Å²) in [7, 11) is 1.43. The zero-order chi connectivity index (χ0) is 18.7. The van der Waals surface area contributed by atoms with E-state index in [2.05, 4.69) is 20.1 Å². The van der Waals surface area contributed by atoms with E-state index >= 15 is 0 Å². The summed E-state index contributed by atoms with van der Waals surface area (Å²) < 4.78 is 13.4. The van der Waals surface area contributed by atoms with Gasteiger partial charge in [0.15, 0.2) is 0 Å². The number of nitriles is 1. The van der Waals surface area contributed by atoms with E-state index in [0.717, 1.165) is 15.7 Å². The van der Waals surface area contributed by atoms with Crippen LogP contribution in [0.15, 0.2) is 41.3 Å². The summed E-state index contributed by atoms with van der Waals surface area (Å²) in [5.74, 6) is -0.837. The van der Waals surface area contributed by atoms with E-state index in [9.17, 15) is 14.0 Å². The van der Waals surface area contributed by atoms with Crippen LogP contribution in [-0.2, 0) is 4.79 Å². The van der Waals surface area contributed by atoms with Gasteiger partial charge in [-0.1, -0.05) is 18.2 Å². The van der Waals surface area contributed by atoms with E-state index in [1.807, 2.05) is 30.3 Å². The van der Waals surface area contributed by atoms with Gasteiger partial charge in [0.1, 0.15) is 12.2 Å². The molecule has 134 valence electrons. The largest absolute Gasteiger partial charge is 0.343 e. The van der Waals surface area contributed by atoms with Crippen LogP contribution in [0.3, 0.4) is 0 Å². The predicted octanol–water partition coefficient (Wildman–Crippen LogP) is 3.43. The van der Waals surface area contributed by atoms with Crippen LogP contribution in [0.25, 0.3) is 10.8 Å². The van der Waals surface area contributed by atoms with Crippen molar-refractivity contribution in [3.8, 4) is 6.07 Å². The maximum absolute atomic E-state index is 13.4. The molecule has 2 unspecified atom stereocenters. The standard InChI is InChI=1S/C18H15BrFN3O2S/c19-26-14-4-5-15-11(6-14)2-1-3-16(15)18(25)22-9-17(24)23-10-12(20)7-13(23)8-21/h1-6,12-13H,7,9-10H2,(H,22,25). The molecule has 1 fully saturated rings. The van der Waals surface area contributed by atoms with Crippen LogP contribution in [0.5, 0.6) is 0 Å². The Kier molecular flexibility index (Phi) is 5.79. The first-order chi connectivity index (χ1) is 12.5. The van der Waals surface area contributed by atoms with Gasteiger partial charge in [-0.25, -0.2) is 4.39 Å².